The number of hydrogen-bond acceptors (Lipinski definition) is 4. The van der Waals surface area contributed by atoms with E-state index >= 15 is 0 Å². The first-order valence-electron chi connectivity index (χ1n) is 5.21. The van der Waals surface area contributed by atoms with E-state index in [0.29, 0.717) is 17.8 Å². The highest BCUT2D eigenvalue weighted by Crippen LogP contribution is 2.15. The van der Waals surface area contributed by atoms with Crippen molar-refractivity contribution in [1.82, 2.24) is 9.78 Å². The number of nitrogens with zero attached hydrogens (tertiary/aromatic N) is 2. The maximum atomic E-state index is 11.7. The van der Waals surface area contributed by atoms with Crippen LogP contribution in [-0.2, 0) is 23.6 Å². The zero-order chi connectivity index (χ0) is 12.2. The fourth-order valence-corrected chi connectivity index (χ4v) is 2.63. The van der Waals surface area contributed by atoms with Crippen molar-refractivity contribution in [2.24, 2.45) is 12.8 Å². The number of hydrogen-bond donors (Lipinski definition) is 2. The van der Waals surface area contributed by atoms with Crippen molar-refractivity contribution in [1.29, 1.82) is 0 Å². The van der Waals surface area contributed by atoms with Gasteiger partial charge in [-0.05, 0) is 6.42 Å². The van der Waals surface area contributed by atoms with E-state index in [0.717, 1.165) is 6.42 Å². The summed E-state index contributed by atoms with van der Waals surface area (Å²) >= 11 is 0. The third-order valence-corrected chi connectivity index (χ3v) is 3.58. The highest BCUT2D eigenvalue weighted by atomic mass is 32.2. The maximum absolute atomic E-state index is 11.7. The highest BCUT2D eigenvalue weighted by molar-refractivity contribution is 7.92. The lowest BCUT2D eigenvalue weighted by Gasteiger charge is -2.09. The predicted octanol–water partition coefficient (Wildman–Crippen LogP) is 0.421. The van der Waals surface area contributed by atoms with Crippen LogP contribution in [-0.4, -0.2) is 24.0 Å². The molecule has 1 rings (SSSR count). The average Bonchev–Trinajstić information content (AvgIpc) is 2.57. The summed E-state index contributed by atoms with van der Waals surface area (Å²) in [6, 6.07) is 0. The fourth-order valence-electron chi connectivity index (χ4n) is 1.30. The molecule has 0 spiro atoms. The highest BCUT2D eigenvalue weighted by Gasteiger charge is 2.15. The molecule has 7 heteroatoms. The van der Waals surface area contributed by atoms with Crippen molar-refractivity contribution in [3.63, 3.8) is 0 Å². The van der Waals surface area contributed by atoms with Crippen molar-refractivity contribution in [2.45, 2.75) is 26.3 Å². The van der Waals surface area contributed by atoms with E-state index < -0.39 is 10.0 Å². The van der Waals surface area contributed by atoms with Crippen molar-refractivity contribution < 1.29 is 8.42 Å². The van der Waals surface area contributed by atoms with Crippen LogP contribution in [0.15, 0.2) is 6.20 Å². The van der Waals surface area contributed by atoms with Gasteiger partial charge in [0.05, 0.1) is 11.9 Å². The molecule has 16 heavy (non-hydrogen) atoms. The summed E-state index contributed by atoms with van der Waals surface area (Å²) < 4.78 is 27.4. The molecule has 0 fully saturated rings. The molecule has 0 saturated carbocycles. The van der Waals surface area contributed by atoms with Crippen molar-refractivity contribution >= 4 is 15.8 Å². The first-order chi connectivity index (χ1) is 7.50. The molecular formula is C9H18N4O2S. The van der Waals surface area contributed by atoms with Crippen molar-refractivity contribution in [3.8, 4) is 0 Å². The Bertz CT molecular complexity index is 438. The summed E-state index contributed by atoms with van der Waals surface area (Å²) in [6.07, 6.45) is 3.05. The Morgan fingerprint density at radius 3 is 2.81 bits per heavy atom. The Hall–Kier alpha value is -1.08. The summed E-state index contributed by atoms with van der Waals surface area (Å²) in [5, 5.41) is 3.96. The summed E-state index contributed by atoms with van der Waals surface area (Å²) in [6.45, 7) is 2.21. The Balaban J connectivity index is 2.83. The molecular weight excluding hydrogens is 228 g/mol. The van der Waals surface area contributed by atoms with Crippen LogP contribution in [0.1, 0.15) is 25.3 Å². The van der Waals surface area contributed by atoms with Crippen LogP contribution >= 0.6 is 0 Å². The first-order valence-corrected chi connectivity index (χ1v) is 6.87. The van der Waals surface area contributed by atoms with Crippen LogP contribution in [0, 0.1) is 0 Å². The van der Waals surface area contributed by atoms with Gasteiger partial charge in [0.15, 0.2) is 0 Å². The van der Waals surface area contributed by atoms with Gasteiger partial charge in [0.2, 0.25) is 10.0 Å². The van der Waals surface area contributed by atoms with Crippen LogP contribution in [0.25, 0.3) is 0 Å². The number of sulfonamides is 1. The molecule has 0 saturated heterocycles. The number of unbranched alkanes of at least 4 members (excludes halogenated alkanes) is 1. The van der Waals surface area contributed by atoms with Gasteiger partial charge in [-0.15, -0.1) is 0 Å². The third kappa shape index (κ3) is 3.21. The summed E-state index contributed by atoms with van der Waals surface area (Å²) in [7, 11) is -1.61. The molecule has 6 nitrogen and oxygen atoms in total. The summed E-state index contributed by atoms with van der Waals surface area (Å²) in [4.78, 5) is 0. The summed E-state index contributed by atoms with van der Waals surface area (Å²) in [5.74, 6) is 0.581. The summed E-state index contributed by atoms with van der Waals surface area (Å²) in [5.41, 5.74) is 6.19. The van der Waals surface area contributed by atoms with E-state index in [-0.39, 0.29) is 12.3 Å². The van der Waals surface area contributed by atoms with E-state index in [1.165, 1.54) is 4.68 Å². The maximum Gasteiger partial charge on any atom is 0.233 e. The zero-order valence-electron chi connectivity index (χ0n) is 9.60. The molecule has 0 aliphatic carbocycles. The Morgan fingerprint density at radius 1 is 1.56 bits per heavy atom. The zero-order valence-corrected chi connectivity index (χ0v) is 10.4. The van der Waals surface area contributed by atoms with Gasteiger partial charge in [-0.1, -0.05) is 13.3 Å². The minimum absolute atomic E-state index is 0.124. The van der Waals surface area contributed by atoms with Crippen molar-refractivity contribution in [3.05, 3.63) is 11.8 Å². The molecule has 92 valence electrons. The number of aromatic nitrogens is 2. The Morgan fingerprint density at radius 2 is 2.25 bits per heavy atom. The second-order valence-electron chi connectivity index (χ2n) is 3.62. The standard InChI is InChI=1S/C9H18N4O2S/c1-3-4-5-16(14,15)12-9-8(6-10)7-11-13(9)2/h7,12H,3-6,10H2,1-2H3. The molecule has 0 atom stereocenters. The van der Waals surface area contributed by atoms with E-state index in [1.807, 2.05) is 6.92 Å². The molecule has 0 amide bonds. The predicted molar refractivity (Wildman–Crippen MR) is 63.4 cm³/mol. The molecule has 0 radical (unpaired) electrons. The number of rotatable bonds is 6. The van der Waals surface area contributed by atoms with Crippen LogP contribution < -0.4 is 10.5 Å². The molecule has 1 heterocycles. The van der Waals surface area contributed by atoms with Crippen LogP contribution in [0.5, 0.6) is 0 Å². The number of nitrogens with two attached hydrogens (primary N) is 1. The molecule has 0 aliphatic rings. The van der Waals surface area contributed by atoms with Crippen LogP contribution in [0.3, 0.4) is 0 Å². The molecule has 1 aromatic heterocycles. The monoisotopic (exact) mass is 246 g/mol. The minimum Gasteiger partial charge on any atom is -0.326 e. The smallest absolute Gasteiger partial charge is 0.233 e. The fraction of sp³-hybridized carbons (Fsp3) is 0.667. The van der Waals surface area contributed by atoms with Gasteiger partial charge in [-0.25, -0.2) is 8.42 Å². The van der Waals surface area contributed by atoms with Gasteiger partial charge in [0, 0.05) is 19.2 Å². The normalized spacial score (nSPS) is 11.7. The largest absolute Gasteiger partial charge is 0.326 e. The lowest BCUT2D eigenvalue weighted by molar-refractivity contribution is 0.597. The number of nitrogens with one attached hydrogen (secondary N) is 1. The van der Waals surface area contributed by atoms with Crippen LogP contribution in [0.2, 0.25) is 0 Å². The topological polar surface area (TPSA) is 90.0 Å². The Labute approximate surface area is 95.9 Å². The lowest BCUT2D eigenvalue weighted by atomic mass is 10.3. The van der Waals surface area contributed by atoms with E-state index in [2.05, 4.69) is 9.82 Å². The van der Waals surface area contributed by atoms with E-state index in [9.17, 15) is 8.42 Å². The molecule has 0 aromatic carbocycles. The minimum atomic E-state index is -3.29. The average molecular weight is 246 g/mol. The lowest BCUT2D eigenvalue weighted by Crippen LogP contribution is -2.19. The van der Waals surface area contributed by atoms with Gasteiger partial charge in [0.25, 0.3) is 0 Å². The molecule has 0 bridgehead atoms. The van der Waals surface area contributed by atoms with Crippen LogP contribution in [0.4, 0.5) is 5.82 Å². The quantitative estimate of drug-likeness (QED) is 0.761. The van der Waals surface area contributed by atoms with E-state index in [1.54, 1.807) is 13.2 Å². The Kier molecular flexibility index (Phi) is 4.31. The molecule has 3 N–H and O–H groups in total. The van der Waals surface area contributed by atoms with Gasteiger partial charge >= 0.3 is 0 Å². The number of anilines is 1. The van der Waals surface area contributed by atoms with Gasteiger partial charge in [0.1, 0.15) is 5.82 Å². The van der Waals surface area contributed by atoms with Crippen molar-refractivity contribution in [2.75, 3.05) is 10.5 Å². The first kappa shape index (κ1) is 13.0. The number of aryl methyl sites for hydroxylation is 1. The SMILES string of the molecule is CCCCS(=O)(=O)Nc1c(CN)cnn1C. The van der Waals surface area contributed by atoms with Gasteiger partial charge in [-0.2, -0.15) is 5.10 Å². The molecule has 1 aromatic rings. The second kappa shape index (κ2) is 5.31. The second-order valence-corrected chi connectivity index (χ2v) is 5.46. The molecule has 0 unspecified atom stereocenters. The molecule has 0 aliphatic heterocycles. The third-order valence-electron chi connectivity index (χ3n) is 2.25. The van der Waals surface area contributed by atoms with Gasteiger partial charge in [-0.3, -0.25) is 9.40 Å². The van der Waals surface area contributed by atoms with Gasteiger partial charge < -0.3 is 5.73 Å². The van der Waals surface area contributed by atoms with E-state index in [4.69, 9.17) is 5.73 Å².